The molecule has 1 aromatic heterocycles. The number of hydrogen-bond donors (Lipinski definition) is 1. The lowest BCUT2D eigenvalue weighted by atomic mass is 9.98. The van der Waals surface area contributed by atoms with Crippen LogP contribution in [0, 0.1) is 0 Å². The fraction of sp³-hybridized carbons (Fsp3) is 0.714. The van der Waals surface area contributed by atoms with Crippen molar-refractivity contribution in [3.8, 4) is 0 Å². The van der Waals surface area contributed by atoms with E-state index in [2.05, 4.69) is 27.1 Å². The summed E-state index contributed by atoms with van der Waals surface area (Å²) in [6.07, 6.45) is 8.82. The Morgan fingerprint density at radius 3 is 2.72 bits per heavy atom. The second-order valence-corrected chi connectivity index (χ2v) is 5.53. The summed E-state index contributed by atoms with van der Waals surface area (Å²) in [5, 5.41) is 3.71. The summed E-state index contributed by atoms with van der Waals surface area (Å²) in [7, 11) is 0. The van der Waals surface area contributed by atoms with Crippen LogP contribution in [0.4, 0.5) is 0 Å². The third-order valence-corrected chi connectivity index (χ3v) is 4.38. The van der Waals surface area contributed by atoms with E-state index in [1.807, 2.05) is 12.3 Å². The first kappa shape index (κ1) is 12.1. The standard InChI is InChI=1S/C14H22N4/c1-2-18(9-13-5-6-15-10-16-13)14-7-11-3-4-12(8-14)17-11/h5-6,10-12,14,17H,2-4,7-9H2,1H3. The SMILES string of the molecule is CCN(Cc1ccncn1)C1CC2CCC(C1)N2. The highest BCUT2D eigenvalue weighted by Gasteiger charge is 2.35. The number of aromatic nitrogens is 2. The maximum atomic E-state index is 4.35. The van der Waals surface area contributed by atoms with Gasteiger partial charge < -0.3 is 5.32 Å². The smallest absolute Gasteiger partial charge is 0.115 e. The van der Waals surface area contributed by atoms with Crippen LogP contribution in [0.5, 0.6) is 0 Å². The first-order chi connectivity index (χ1) is 8.85. The molecule has 2 unspecified atom stereocenters. The summed E-state index contributed by atoms with van der Waals surface area (Å²) in [6.45, 7) is 4.32. The van der Waals surface area contributed by atoms with Crippen LogP contribution in [0.25, 0.3) is 0 Å². The lowest BCUT2D eigenvalue weighted by Gasteiger charge is -2.37. The van der Waals surface area contributed by atoms with Crippen LogP contribution in [0.1, 0.15) is 38.3 Å². The van der Waals surface area contributed by atoms with Gasteiger partial charge in [0.1, 0.15) is 6.33 Å². The van der Waals surface area contributed by atoms with E-state index in [9.17, 15) is 0 Å². The highest BCUT2D eigenvalue weighted by Crippen LogP contribution is 2.30. The first-order valence-electron chi connectivity index (χ1n) is 7.10. The molecule has 4 heteroatoms. The molecule has 2 fully saturated rings. The van der Waals surface area contributed by atoms with Crippen LogP contribution in [0.2, 0.25) is 0 Å². The van der Waals surface area contributed by atoms with E-state index in [-0.39, 0.29) is 0 Å². The molecule has 3 heterocycles. The van der Waals surface area contributed by atoms with Gasteiger partial charge in [0, 0.05) is 30.9 Å². The van der Waals surface area contributed by atoms with Crippen LogP contribution in [-0.4, -0.2) is 39.5 Å². The number of hydrogen-bond acceptors (Lipinski definition) is 4. The molecule has 2 bridgehead atoms. The van der Waals surface area contributed by atoms with Crippen LogP contribution >= 0.6 is 0 Å². The summed E-state index contributed by atoms with van der Waals surface area (Å²) in [4.78, 5) is 10.9. The van der Waals surface area contributed by atoms with Crippen molar-refractivity contribution in [2.24, 2.45) is 0 Å². The number of fused-ring (bicyclic) bond motifs is 2. The largest absolute Gasteiger partial charge is 0.311 e. The summed E-state index contributed by atoms with van der Waals surface area (Å²) in [5.74, 6) is 0. The number of rotatable bonds is 4. The molecule has 2 aliphatic rings. The molecule has 4 nitrogen and oxygen atoms in total. The summed E-state index contributed by atoms with van der Waals surface area (Å²) >= 11 is 0. The molecule has 2 saturated heterocycles. The maximum absolute atomic E-state index is 4.35. The molecule has 1 N–H and O–H groups in total. The summed E-state index contributed by atoms with van der Waals surface area (Å²) in [5.41, 5.74) is 1.14. The summed E-state index contributed by atoms with van der Waals surface area (Å²) in [6, 6.07) is 4.27. The fourth-order valence-electron chi connectivity index (χ4n) is 3.44. The number of piperidine rings is 1. The first-order valence-corrected chi connectivity index (χ1v) is 7.10. The van der Waals surface area contributed by atoms with E-state index in [4.69, 9.17) is 0 Å². The Bertz CT molecular complexity index is 369. The van der Waals surface area contributed by atoms with Crippen molar-refractivity contribution in [3.63, 3.8) is 0 Å². The minimum atomic E-state index is 0.726. The van der Waals surface area contributed by atoms with Gasteiger partial charge in [0.15, 0.2) is 0 Å². The molecule has 0 aliphatic carbocycles. The Hall–Kier alpha value is -1.00. The Labute approximate surface area is 109 Å². The summed E-state index contributed by atoms with van der Waals surface area (Å²) < 4.78 is 0. The van der Waals surface area contributed by atoms with Crippen molar-refractivity contribution in [1.29, 1.82) is 0 Å². The molecule has 0 spiro atoms. The normalized spacial score (nSPS) is 30.9. The quantitative estimate of drug-likeness (QED) is 0.876. The van der Waals surface area contributed by atoms with Crippen LogP contribution in [0.3, 0.4) is 0 Å². The lowest BCUT2D eigenvalue weighted by Crippen LogP contribution is -2.48. The van der Waals surface area contributed by atoms with Crippen LogP contribution in [0.15, 0.2) is 18.6 Å². The average molecular weight is 246 g/mol. The third kappa shape index (κ3) is 2.54. The Morgan fingerprint density at radius 1 is 1.33 bits per heavy atom. The minimum absolute atomic E-state index is 0.726. The maximum Gasteiger partial charge on any atom is 0.115 e. The van der Waals surface area contributed by atoms with Crippen LogP contribution in [-0.2, 0) is 6.54 Å². The van der Waals surface area contributed by atoms with E-state index in [1.54, 1.807) is 6.33 Å². The monoisotopic (exact) mass is 246 g/mol. The van der Waals surface area contributed by atoms with Gasteiger partial charge in [0.25, 0.3) is 0 Å². The Morgan fingerprint density at radius 2 is 2.11 bits per heavy atom. The topological polar surface area (TPSA) is 41.1 Å². The minimum Gasteiger partial charge on any atom is -0.311 e. The molecular formula is C14H22N4. The highest BCUT2D eigenvalue weighted by molar-refractivity contribution is 5.00. The molecule has 98 valence electrons. The molecule has 18 heavy (non-hydrogen) atoms. The zero-order valence-electron chi connectivity index (χ0n) is 11.0. The van der Waals surface area contributed by atoms with Gasteiger partial charge in [0.2, 0.25) is 0 Å². The van der Waals surface area contributed by atoms with Crippen molar-refractivity contribution in [3.05, 3.63) is 24.3 Å². The van der Waals surface area contributed by atoms with Gasteiger partial charge >= 0.3 is 0 Å². The lowest BCUT2D eigenvalue weighted by molar-refractivity contribution is 0.139. The second kappa shape index (κ2) is 5.33. The van der Waals surface area contributed by atoms with Crippen LogP contribution < -0.4 is 5.32 Å². The predicted octanol–water partition coefficient (Wildman–Crippen LogP) is 1.58. The number of nitrogens with zero attached hydrogens (tertiary/aromatic N) is 3. The molecular weight excluding hydrogens is 224 g/mol. The zero-order chi connectivity index (χ0) is 12.4. The average Bonchev–Trinajstić information content (AvgIpc) is 2.76. The molecule has 3 rings (SSSR count). The van der Waals surface area contributed by atoms with Gasteiger partial charge in [-0.15, -0.1) is 0 Å². The van der Waals surface area contributed by atoms with Gasteiger partial charge in [-0.2, -0.15) is 0 Å². The molecule has 1 aromatic rings. The van der Waals surface area contributed by atoms with E-state index in [0.717, 1.165) is 36.9 Å². The highest BCUT2D eigenvalue weighted by atomic mass is 15.2. The Balaban J connectivity index is 1.65. The molecule has 0 radical (unpaired) electrons. The number of nitrogens with one attached hydrogen (secondary N) is 1. The van der Waals surface area contributed by atoms with E-state index >= 15 is 0 Å². The van der Waals surface area contributed by atoms with Crippen molar-refractivity contribution in [2.75, 3.05) is 6.54 Å². The van der Waals surface area contributed by atoms with Crippen molar-refractivity contribution in [2.45, 2.75) is 57.3 Å². The van der Waals surface area contributed by atoms with E-state index in [0.29, 0.717) is 0 Å². The van der Waals surface area contributed by atoms with E-state index in [1.165, 1.54) is 25.7 Å². The molecule has 2 aliphatic heterocycles. The predicted molar refractivity (Wildman–Crippen MR) is 71.1 cm³/mol. The molecule has 0 aromatic carbocycles. The van der Waals surface area contributed by atoms with Gasteiger partial charge in [-0.1, -0.05) is 6.92 Å². The van der Waals surface area contributed by atoms with Gasteiger partial charge in [-0.05, 0) is 38.3 Å². The molecule has 2 atom stereocenters. The molecule has 0 amide bonds. The van der Waals surface area contributed by atoms with Crippen molar-refractivity contribution < 1.29 is 0 Å². The van der Waals surface area contributed by atoms with Gasteiger partial charge in [-0.3, -0.25) is 4.90 Å². The van der Waals surface area contributed by atoms with E-state index < -0.39 is 0 Å². The van der Waals surface area contributed by atoms with Crippen molar-refractivity contribution >= 4 is 0 Å². The third-order valence-electron chi connectivity index (χ3n) is 4.38. The fourth-order valence-corrected chi connectivity index (χ4v) is 3.44. The van der Waals surface area contributed by atoms with Gasteiger partial charge in [-0.25, -0.2) is 9.97 Å². The Kier molecular flexibility index (Phi) is 3.57. The van der Waals surface area contributed by atoms with Crippen molar-refractivity contribution in [1.82, 2.24) is 20.2 Å². The molecule has 0 saturated carbocycles. The zero-order valence-corrected chi connectivity index (χ0v) is 11.0. The van der Waals surface area contributed by atoms with Gasteiger partial charge in [0.05, 0.1) is 5.69 Å². The second-order valence-electron chi connectivity index (χ2n) is 5.53.